The lowest BCUT2D eigenvalue weighted by Crippen LogP contribution is -2.54. The van der Waals surface area contributed by atoms with Crippen LogP contribution >= 0.6 is 0 Å². The minimum atomic E-state index is -4.52. The molecule has 0 fully saturated rings. The number of aliphatic hydroxyl groups is 1. The topological polar surface area (TPSA) is 43.8 Å². The van der Waals surface area contributed by atoms with E-state index in [9.17, 15) is 23.1 Å². The fraction of sp³-hybridized carbons (Fsp3) is 0.727. The molecule has 0 aromatic rings. The summed E-state index contributed by atoms with van der Waals surface area (Å²) in [5, 5.41) is 9.59. The number of aliphatic hydroxyl groups excluding tert-OH is 1. The maximum Gasteiger partial charge on any atom is 0.404 e. The second kappa shape index (κ2) is 4.79. The number of Topliss-reactive ketones (excluding diaryl/α,β-unsaturated/α-hetero) is 1. The molecule has 104 valence electrons. The highest BCUT2D eigenvalue weighted by atomic mass is 19.4. The number of ketones is 1. The van der Waals surface area contributed by atoms with Crippen molar-refractivity contribution >= 4 is 5.78 Å². The molecule has 0 bridgehead atoms. The maximum absolute atomic E-state index is 13.0. The second-order valence-electron chi connectivity index (χ2n) is 4.74. The van der Waals surface area contributed by atoms with E-state index < -0.39 is 29.7 Å². The van der Waals surface area contributed by atoms with E-state index in [0.29, 0.717) is 5.70 Å². The van der Waals surface area contributed by atoms with Crippen molar-refractivity contribution in [1.29, 1.82) is 0 Å². The summed E-state index contributed by atoms with van der Waals surface area (Å²) in [4.78, 5) is 14.2. The Morgan fingerprint density at radius 2 is 1.94 bits per heavy atom. The maximum atomic E-state index is 13.0. The van der Waals surface area contributed by atoms with Gasteiger partial charge in [-0.3, -0.25) is 9.69 Å². The van der Waals surface area contributed by atoms with Crippen LogP contribution in [0.15, 0.2) is 11.5 Å². The minimum Gasteiger partial charge on any atom is -0.503 e. The molecule has 1 aliphatic heterocycles. The average molecular weight is 266 g/mol. The highest BCUT2D eigenvalue weighted by Crippen LogP contribution is 2.33. The van der Waals surface area contributed by atoms with Gasteiger partial charge in [-0.05, 0) is 21.0 Å². The standard InChI is InChI=1S/C11H17F3N2O2/c1-6-8(17)9(18)7(5-16(6)4)10(15(2)3)11(12,13)14/h7,10,17H,5H2,1-4H3. The molecular weight excluding hydrogens is 249 g/mol. The lowest BCUT2D eigenvalue weighted by Gasteiger charge is -2.38. The predicted octanol–water partition coefficient (Wildman–Crippen LogP) is 1.40. The van der Waals surface area contributed by atoms with Gasteiger partial charge >= 0.3 is 6.18 Å². The lowest BCUT2D eigenvalue weighted by molar-refractivity contribution is -0.194. The second-order valence-corrected chi connectivity index (χ2v) is 4.74. The molecule has 4 nitrogen and oxygen atoms in total. The molecule has 0 saturated heterocycles. The van der Waals surface area contributed by atoms with Crippen LogP contribution in [0.5, 0.6) is 0 Å². The zero-order chi connectivity index (χ0) is 14.2. The Morgan fingerprint density at radius 3 is 2.33 bits per heavy atom. The Balaban J connectivity index is 3.14. The Kier molecular flexibility index (Phi) is 3.95. The zero-order valence-electron chi connectivity index (χ0n) is 10.7. The van der Waals surface area contributed by atoms with E-state index in [-0.39, 0.29) is 6.54 Å². The smallest absolute Gasteiger partial charge is 0.404 e. The number of carbonyl (C=O) groups is 1. The minimum absolute atomic E-state index is 0.0584. The monoisotopic (exact) mass is 266 g/mol. The van der Waals surface area contributed by atoms with Gasteiger partial charge in [-0.25, -0.2) is 0 Å². The summed E-state index contributed by atoms with van der Waals surface area (Å²) in [5.74, 6) is -2.74. The van der Waals surface area contributed by atoms with Crippen LogP contribution in [-0.2, 0) is 4.79 Å². The van der Waals surface area contributed by atoms with E-state index in [1.165, 1.54) is 25.9 Å². The molecule has 1 N–H and O–H groups in total. The van der Waals surface area contributed by atoms with Gasteiger partial charge in [-0.2, -0.15) is 13.2 Å². The van der Waals surface area contributed by atoms with E-state index in [4.69, 9.17) is 0 Å². The van der Waals surface area contributed by atoms with E-state index in [0.717, 1.165) is 4.90 Å². The van der Waals surface area contributed by atoms with Gasteiger partial charge in [-0.15, -0.1) is 0 Å². The third-order valence-electron chi connectivity index (χ3n) is 3.23. The van der Waals surface area contributed by atoms with Crippen LogP contribution < -0.4 is 0 Å². The summed E-state index contributed by atoms with van der Waals surface area (Å²) in [6.07, 6.45) is -4.52. The number of rotatable bonds is 2. The first-order chi connectivity index (χ1) is 8.07. The zero-order valence-corrected chi connectivity index (χ0v) is 10.7. The van der Waals surface area contributed by atoms with Gasteiger partial charge in [0.25, 0.3) is 0 Å². The molecule has 0 saturated carbocycles. The van der Waals surface area contributed by atoms with Gasteiger partial charge in [0, 0.05) is 13.6 Å². The van der Waals surface area contributed by atoms with Crippen LogP contribution in [-0.4, -0.2) is 60.6 Å². The van der Waals surface area contributed by atoms with Gasteiger partial charge < -0.3 is 10.0 Å². The molecule has 2 atom stereocenters. The first kappa shape index (κ1) is 14.8. The fourth-order valence-electron chi connectivity index (χ4n) is 2.17. The van der Waals surface area contributed by atoms with Crippen molar-refractivity contribution < 1.29 is 23.1 Å². The van der Waals surface area contributed by atoms with E-state index in [1.807, 2.05) is 0 Å². The average Bonchev–Trinajstić information content (AvgIpc) is 2.20. The Bertz CT molecular complexity index is 377. The quantitative estimate of drug-likeness (QED) is 0.820. The number of nitrogens with zero attached hydrogens (tertiary/aromatic N) is 2. The van der Waals surface area contributed by atoms with E-state index >= 15 is 0 Å². The molecule has 0 spiro atoms. The van der Waals surface area contributed by atoms with Gasteiger partial charge in [-0.1, -0.05) is 0 Å². The van der Waals surface area contributed by atoms with Gasteiger partial charge in [0.15, 0.2) is 5.76 Å². The van der Waals surface area contributed by atoms with Crippen molar-refractivity contribution in [3.05, 3.63) is 11.5 Å². The van der Waals surface area contributed by atoms with Crippen LogP contribution in [0.3, 0.4) is 0 Å². The SMILES string of the molecule is CC1=C(O)C(=O)C(C(N(C)C)C(F)(F)F)CN1C. The van der Waals surface area contributed by atoms with Crippen molar-refractivity contribution in [3.63, 3.8) is 0 Å². The molecule has 0 radical (unpaired) electrons. The van der Waals surface area contributed by atoms with E-state index in [2.05, 4.69) is 0 Å². The Morgan fingerprint density at radius 1 is 1.44 bits per heavy atom. The molecule has 2 unspecified atom stereocenters. The summed E-state index contributed by atoms with van der Waals surface area (Å²) in [6.45, 7) is 1.44. The van der Waals surface area contributed by atoms with Crippen molar-refractivity contribution in [2.75, 3.05) is 27.7 Å². The number of carbonyl (C=O) groups excluding carboxylic acids is 1. The first-order valence-electron chi connectivity index (χ1n) is 5.45. The van der Waals surface area contributed by atoms with Crippen molar-refractivity contribution in [2.45, 2.75) is 19.1 Å². The molecule has 1 heterocycles. The molecule has 1 rings (SSSR count). The molecule has 0 amide bonds. The van der Waals surface area contributed by atoms with Gasteiger partial charge in [0.05, 0.1) is 11.6 Å². The normalized spacial score (nSPS) is 23.9. The van der Waals surface area contributed by atoms with Crippen LogP contribution in [0, 0.1) is 5.92 Å². The van der Waals surface area contributed by atoms with Crippen LogP contribution in [0.25, 0.3) is 0 Å². The summed E-state index contributed by atoms with van der Waals surface area (Å²) in [5.41, 5.74) is 0.302. The van der Waals surface area contributed by atoms with Gasteiger partial charge in [0.2, 0.25) is 5.78 Å². The summed E-state index contributed by atoms with van der Waals surface area (Å²) in [6, 6.07) is -1.90. The number of halogens is 3. The Labute approximate surface area is 104 Å². The van der Waals surface area contributed by atoms with Gasteiger partial charge in [0.1, 0.15) is 6.04 Å². The molecule has 1 aliphatic rings. The molecule has 18 heavy (non-hydrogen) atoms. The summed E-state index contributed by atoms with van der Waals surface area (Å²) < 4.78 is 38.9. The molecule has 0 aliphatic carbocycles. The van der Waals surface area contributed by atoms with Crippen molar-refractivity contribution in [2.24, 2.45) is 5.92 Å². The first-order valence-corrected chi connectivity index (χ1v) is 5.45. The highest BCUT2D eigenvalue weighted by Gasteiger charge is 2.51. The summed E-state index contributed by atoms with van der Waals surface area (Å²) >= 11 is 0. The van der Waals surface area contributed by atoms with E-state index in [1.54, 1.807) is 7.05 Å². The molecule has 7 heteroatoms. The van der Waals surface area contributed by atoms with Crippen molar-refractivity contribution in [1.82, 2.24) is 9.80 Å². The number of allylic oxidation sites excluding steroid dienone is 2. The number of hydrogen-bond acceptors (Lipinski definition) is 4. The van der Waals surface area contributed by atoms with Crippen LogP contribution in [0.4, 0.5) is 13.2 Å². The largest absolute Gasteiger partial charge is 0.503 e. The van der Waals surface area contributed by atoms with Crippen molar-refractivity contribution in [3.8, 4) is 0 Å². The molecule has 0 aromatic heterocycles. The van der Waals surface area contributed by atoms with Crippen LogP contribution in [0.2, 0.25) is 0 Å². The highest BCUT2D eigenvalue weighted by molar-refractivity contribution is 5.97. The predicted molar refractivity (Wildman–Crippen MR) is 60.0 cm³/mol. The lowest BCUT2D eigenvalue weighted by atomic mass is 9.88. The summed E-state index contributed by atoms with van der Waals surface area (Å²) in [7, 11) is 4.09. The fourth-order valence-corrected chi connectivity index (χ4v) is 2.17. The molecule has 0 aromatic carbocycles. The third-order valence-corrected chi connectivity index (χ3v) is 3.23. The third kappa shape index (κ3) is 2.60. The molecular formula is C11H17F3N2O2. The number of hydrogen-bond donors (Lipinski definition) is 1. The number of alkyl halides is 3. The Hall–Kier alpha value is -1.24. The van der Waals surface area contributed by atoms with Crippen LogP contribution in [0.1, 0.15) is 6.92 Å².